The molecule has 0 aliphatic carbocycles. The summed E-state index contributed by atoms with van der Waals surface area (Å²) in [7, 11) is 3.15. The molecule has 0 spiro atoms. The fourth-order valence-corrected chi connectivity index (χ4v) is 2.35. The van der Waals surface area contributed by atoms with Crippen molar-refractivity contribution in [2.45, 2.75) is 26.0 Å². The smallest absolute Gasteiger partial charge is 0.244 e. The zero-order valence-corrected chi connectivity index (χ0v) is 14.1. The maximum atomic E-state index is 12.4. The van der Waals surface area contributed by atoms with Crippen molar-refractivity contribution in [1.29, 1.82) is 0 Å². The summed E-state index contributed by atoms with van der Waals surface area (Å²) in [6.45, 7) is 5.09. The van der Waals surface area contributed by atoms with Crippen molar-refractivity contribution in [2.24, 2.45) is 0 Å². The van der Waals surface area contributed by atoms with Crippen LogP contribution in [0.3, 0.4) is 0 Å². The van der Waals surface area contributed by atoms with Crippen LogP contribution in [-0.4, -0.2) is 45.4 Å². The highest BCUT2D eigenvalue weighted by Gasteiger charge is 2.28. The Kier molecular flexibility index (Phi) is 6.93. The van der Waals surface area contributed by atoms with Crippen LogP contribution in [0.1, 0.15) is 12.5 Å². The Morgan fingerprint density at radius 2 is 1.95 bits per heavy atom. The highest BCUT2D eigenvalue weighted by atomic mass is 35.5. The minimum atomic E-state index is -0.355. The van der Waals surface area contributed by atoms with Crippen molar-refractivity contribution < 1.29 is 19.0 Å². The first-order valence-electron chi connectivity index (χ1n) is 6.95. The fraction of sp³-hybridized carbons (Fsp3) is 0.533. The van der Waals surface area contributed by atoms with Crippen molar-refractivity contribution in [3.05, 3.63) is 17.7 Å². The van der Waals surface area contributed by atoms with Gasteiger partial charge in [-0.1, -0.05) is 0 Å². The summed E-state index contributed by atoms with van der Waals surface area (Å²) in [6, 6.07) is 3.24. The molecule has 1 heterocycles. The number of hydrogen-bond donors (Lipinski definition) is 2. The molecule has 2 rings (SSSR count). The lowest BCUT2D eigenvalue weighted by Crippen LogP contribution is -2.53. The summed E-state index contributed by atoms with van der Waals surface area (Å²) in [5, 5.41) is 6.09. The van der Waals surface area contributed by atoms with E-state index in [1.807, 2.05) is 19.9 Å². The van der Waals surface area contributed by atoms with Crippen molar-refractivity contribution in [1.82, 2.24) is 5.32 Å². The monoisotopic (exact) mass is 330 g/mol. The van der Waals surface area contributed by atoms with Crippen LogP contribution < -0.4 is 20.1 Å². The number of aryl methyl sites for hydroxylation is 1. The van der Waals surface area contributed by atoms with Crippen LogP contribution in [0.15, 0.2) is 12.1 Å². The number of amides is 1. The van der Waals surface area contributed by atoms with Crippen molar-refractivity contribution in [3.63, 3.8) is 0 Å². The molecule has 22 heavy (non-hydrogen) atoms. The summed E-state index contributed by atoms with van der Waals surface area (Å²) in [5.74, 6) is 1.11. The van der Waals surface area contributed by atoms with E-state index in [2.05, 4.69) is 10.6 Å². The van der Waals surface area contributed by atoms with Crippen molar-refractivity contribution >= 4 is 24.0 Å². The Morgan fingerprint density at radius 1 is 1.32 bits per heavy atom. The molecule has 1 aliphatic rings. The van der Waals surface area contributed by atoms with Crippen molar-refractivity contribution in [3.8, 4) is 11.5 Å². The number of methoxy groups -OCH3 is 2. The highest BCUT2D eigenvalue weighted by molar-refractivity contribution is 5.96. The van der Waals surface area contributed by atoms with E-state index in [9.17, 15) is 4.79 Å². The molecular formula is C15H23ClN2O4. The molecule has 1 aromatic rings. The molecule has 1 aromatic carbocycles. The van der Waals surface area contributed by atoms with Crippen LogP contribution in [0.4, 0.5) is 5.69 Å². The van der Waals surface area contributed by atoms with E-state index in [1.54, 1.807) is 20.3 Å². The number of anilines is 1. The molecule has 0 aromatic heterocycles. The number of morpholine rings is 1. The number of ether oxygens (including phenoxy) is 3. The average molecular weight is 331 g/mol. The summed E-state index contributed by atoms with van der Waals surface area (Å²) >= 11 is 0. The first-order valence-corrected chi connectivity index (χ1v) is 6.95. The van der Waals surface area contributed by atoms with Gasteiger partial charge in [0.25, 0.3) is 0 Å². The van der Waals surface area contributed by atoms with Gasteiger partial charge in [0.05, 0.1) is 26.9 Å². The van der Waals surface area contributed by atoms with Crippen LogP contribution in [-0.2, 0) is 9.53 Å². The molecule has 0 radical (unpaired) electrons. The van der Waals surface area contributed by atoms with Gasteiger partial charge in [-0.15, -0.1) is 12.4 Å². The van der Waals surface area contributed by atoms with E-state index < -0.39 is 0 Å². The zero-order chi connectivity index (χ0) is 15.4. The van der Waals surface area contributed by atoms with E-state index in [1.165, 1.54) is 0 Å². The molecule has 0 bridgehead atoms. The summed E-state index contributed by atoms with van der Waals surface area (Å²) in [4.78, 5) is 12.4. The van der Waals surface area contributed by atoms with Gasteiger partial charge >= 0.3 is 0 Å². The van der Waals surface area contributed by atoms with E-state index in [-0.39, 0.29) is 30.5 Å². The van der Waals surface area contributed by atoms with Crippen LogP contribution >= 0.6 is 12.4 Å². The summed E-state index contributed by atoms with van der Waals surface area (Å²) in [6.07, 6.45) is -0.154. The van der Waals surface area contributed by atoms with Gasteiger partial charge in [0.2, 0.25) is 5.91 Å². The van der Waals surface area contributed by atoms with Crippen LogP contribution in [0.25, 0.3) is 0 Å². The van der Waals surface area contributed by atoms with Gasteiger partial charge in [-0.25, -0.2) is 0 Å². The second-order valence-corrected chi connectivity index (χ2v) is 5.02. The Bertz CT molecular complexity index is 525. The molecule has 7 heteroatoms. The number of rotatable bonds is 4. The first kappa shape index (κ1) is 18.5. The lowest BCUT2D eigenvalue weighted by atomic mass is 10.1. The Balaban J connectivity index is 0.00000242. The van der Waals surface area contributed by atoms with E-state index in [0.717, 1.165) is 5.56 Å². The van der Waals surface area contributed by atoms with E-state index in [4.69, 9.17) is 14.2 Å². The molecule has 0 saturated carbocycles. The highest BCUT2D eigenvalue weighted by Crippen LogP contribution is 2.33. The Morgan fingerprint density at radius 3 is 2.55 bits per heavy atom. The number of nitrogens with one attached hydrogen (secondary N) is 2. The molecule has 1 aliphatic heterocycles. The second kappa shape index (κ2) is 8.22. The SMILES string of the molecule is COc1cc(C)c(NC(=O)[C@H]2NCCO[C@@H]2C)cc1OC.Cl. The van der Waals surface area contributed by atoms with Gasteiger partial charge in [0.1, 0.15) is 6.04 Å². The van der Waals surface area contributed by atoms with Crippen LogP contribution in [0, 0.1) is 6.92 Å². The third-order valence-corrected chi connectivity index (χ3v) is 3.59. The van der Waals surface area contributed by atoms with E-state index >= 15 is 0 Å². The van der Waals surface area contributed by atoms with Gasteiger partial charge < -0.3 is 24.8 Å². The minimum absolute atomic E-state index is 0. The largest absolute Gasteiger partial charge is 0.493 e. The molecule has 6 nitrogen and oxygen atoms in total. The van der Waals surface area contributed by atoms with Crippen LogP contribution in [0.2, 0.25) is 0 Å². The summed E-state index contributed by atoms with van der Waals surface area (Å²) in [5.41, 5.74) is 1.61. The normalized spacial score (nSPS) is 20.7. The molecule has 124 valence electrons. The predicted molar refractivity (Wildman–Crippen MR) is 87.4 cm³/mol. The number of benzene rings is 1. The molecule has 1 saturated heterocycles. The molecule has 2 N–H and O–H groups in total. The second-order valence-electron chi connectivity index (χ2n) is 5.02. The quantitative estimate of drug-likeness (QED) is 0.880. The molecule has 0 unspecified atom stereocenters. The maximum absolute atomic E-state index is 12.4. The summed E-state index contributed by atoms with van der Waals surface area (Å²) < 4.78 is 16.0. The average Bonchev–Trinajstić information content (AvgIpc) is 2.49. The van der Waals surface area contributed by atoms with Gasteiger partial charge in [-0.05, 0) is 25.5 Å². The first-order chi connectivity index (χ1) is 10.1. The van der Waals surface area contributed by atoms with Gasteiger partial charge in [-0.2, -0.15) is 0 Å². The van der Waals surface area contributed by atoms with Crippen LogP contribution in [0.5, 0.6) is 11.5 Å². The number of carbonyl (C=O) groups excluding carboxylic acids is 1. The minimum Gasteiger partial charge on any atom is -0.493 e. The predicted octanol–water partition coefficient (Wildman–Crippen LogP) is 1.75. The van der Waals surface area contributed by atoms with Gasteiger partial charge in [0.15, 0.2) is 11.5 Å². The third-order valence-electron chi connectivity index (χ3n) is 3.59. The number of halogens is 1. The topological polar surface area (TPSA) is 68.8 Å². The lowest BCUT2D eigenvalue weighted by Gasteiger charge is -2.29. The maximum Gasteiger partial charge on any atom is 0.244 e. The zero-order valence-electron chi connectivity index (χ0n) is 13.3. The third kappa shape index (κ3) is 4.03. The number of carbonyl (C=O) groups is 1. The molecular weight excluding hydrogens is 308 g/mol. The van der Waals surface area contributed by atoms with Gasteiger partial charge in [0, 0.05) is 18.3 Å². The lowest BCUT2D eigenvalue weighted by molar-refractivity contribution is -0.123. The molecule has 1 amide bonds. The standard InChI is InChI=1S/C15H22N2O4.ClH/c1-9-7-12(19-3)13(20-4)8-11(9)17-15(18)14-10(2)21-6-5-16-14;/h7-8,10,14,16H,5-6H2,1-4H3,(H,17,18);1H/t10-,14+;/m1./s1. The Hall–Kier alpha value is -1.50. The fourth-order valence-electron chi connectivity index (χ4n) is 2.35. The van der Waals surface area contributed by atoms with Gasteiger partial charge in [-0.3, -0.25) is 4.79 Å². The Labute approximate surface area is 136 Å². The molecule has 1 fully saturated rings. The molecule has 2 atom stereocenters. The number of hydrogen-bond acceptors (Lipinski definition) is 5. The van der Waals surface area contributed by atoms with E-state index in [0.29, 0.717) is 30.3 Å². The van der Waals surface area contributed by atoms with Crippen molar-refractivity contribution in [2.75, 3.05) is 32.7 Å².